The second-order valence-electron chi connectivity index (χ2n) is 2.94. The molecule has 0 aromatic carbocycles. The minimum atomic E-state index is -0.0695. The fraction of sp³-hybridized carbons (Fsp3) is 0.889. The smallest absolute Gasteiger partial charge is 0.248 e. The molecule has 5 nitrogen and oxygen atoms in total. The Kier molecular flexibility index (Phi) is 8.51. The molecule has 0 heterocycles. The molecule has 0 saturated carbocycles. The van der Waals surface area contributed by atoms with Crippen LogP contribution in [0.1, 0.15) is 6.42 Å². The van der Waals surface area contributed by atoms with Gasteiger partial charge >= 0.3 is 0 Å². The van der Waals surface area contributed by atoms with Crippen molar-refractivity contribution < 1.29 is 19.4 Å². The van der Waals surface area contributed by atoms with Gasteiger partial charge in [0.2, 0.25) is 5.91 Å². The van der Waals surface area contributed by atoms with E-state index in [-0.39, 0.29) is 19.1 Å². The Morgan fingerprint density at radius 2 is 2.14 bits per heavy atom. The molecular formula is C9H19NO4. The molecule has 84 valence electrons. The molecule has 0 saturated heterocycles. The first-order valence-corrected chi connectivity index (χ1v) is 4.64. The lowest BCUT2D eigenvalue weighted by atomic mass is 10.5. The molecule has 0 radical (unpaired) electrons. The van der Waals surface area contributed by atoms with Gasteiger partial charge in [0.05, 0.1) is 6.61 Å². The molecule has 0 aliphatic rings. The molecule has 0 rings (SSSR count). The lowest BCUT2D eigenvalue weighted by Crippen LogP contribution is -2.33. The monoisotopic (exact) mass is 205 g/mol. The van der Waals surface area contributed by atoms with Crippen LogP contribution in [0.4, 0.5) is 0 Å². The summed E-state index contributed by atoms with van der Waals surface area (Å²) in [5.41, 5.74) is 0. The van der Waals surface area contributed by atoms with Crippen LogP contribution in [-0.4, -0.2) is 63.0 Å². The van der Waals surface area contributed by atoms with Crippen molar-refractivity contribution in [1.29, 1.82) is 0 Å². The first kappa shape index (κ1) is 13.4. The molecule has 0 aromatic heterocycles. The molecule has 0 aliphatic heterocycles. The van der Waals surface area contributed by atoms with Crippen LogP contribution in [0, 0.1) is 0 Å². The van der Waals surface area contributed by atoms with Crippen LogP contribution >= 0.6 is 0 Å². The van der Waals surface area contributed by atoms with Crippen LogP contribution in [0.3, 0.4) is 0 Å². The van der Waals surface area contributed by atoms with E-state index in [0.717, 1.165) is 0 Å². The predicted octanol–water partition coefficient (Wildman–Crippen LogP) is -0.510. The Hall–Kier alpha value is -0.650. The third-order valence-corrected chi connectivity index (χ3v) is 1.73. The molecule has 0 spiro atoms. The Morgan fingerprint density at radius 1 is 1.43 bits per heavy atom. The van der Waals surface area contributed by atoms with E-state index in [4.69, 9.17) is 14.6 Å². The zero-order valence-corrected chi connectivity index (χ0v) is 8.86. The first-order chi connectivity index (χ1) is 6.72. The van der Waals surface area contributed by atoms with Crippen LogP contribution in [-0.2, 0) is 14.3 Å². The summed E-state index contributed by atoms with van der Waals surface area (Å²) < 4.78 is 9.88. The molecule has 0 bridgehead atoms. The van der Waals surface area contributed by atoms with E-state index in [1.54, 1.807) is 19.1 Å². The zero-order valence-electron chi connectivity index (χ0n) is 8.86. The summed E-state index contributed by atoms with van der Waals surface area (Å²) in [6.45, 7) is 1.67. The van der Waals surface area contributed by atoms with E-state index in [0.29, 0.717) is 26.2 Å². The first-order valence-electron chi connectivity index (χ1n) is 4.64. The van der Waals surface area contributed by atoms with Crippen molar-refractivity contribution in [2.24, 2.45) is 0 Å². The number of amides is 1. The molecule has 0 aliphatic carbocycles. The lowest BCUT2D eigenvalue weighted by Gasteiger charge is -2.16. The molecule has 0 unspecified atom stereocenters. The minimum Gasteiger partial charge on any atom is -0.396 e. The molecule has 0 aromatic rings. The molecule has 0 atom stereocenters. The maximum absolute atomic E-state index is 11.3. The maximum Gasteiger partial charge on any atom is 0.248 e. The van der Waals surface area contributed by atoms with Gasteiger partial charge in [-0.15, -0.1) is 0 Å². The molecule has 14 heavy (non-hydrogen) atoms. The quantitative estimate of drug-likeness (QED) is 0.542. The van der Waals surface area contributed by atoms with Gasteiger partial charge in [0.25, 0.3) is 0 Å². The van der Waals surface area contributed by atoms with Gasteiger partial charge in [0.1, 0.15) is 6.61 Å². The normalized spacial score (nSPS) is 10.2. The van der Waals surface area contributed by atoms with Crippen molar-refractivity contribution in [3.63, 3.8) is 0 Å². The maximum atomic E-state index is 11.3. The highest BCUT2D eigenvalue weighted by Gasteiger charge is 2.07. The van der Waals surface area contributed by atoms with Crippen molar-refractivity contribution in [1.82, 2.24) is 4.90 Å². The van der Waals surface area contributed by atoms with Crippen LogP contribution in [0.2, 0.25) is 0 Å². The van der Waals surface area contributed by atoms with Gasteiger partial charge in [-0.3, -0.25) is 4.79 Å². The number of hydrogen-bond donors (Lipinski definition) is 1. The summed E-state index contributed by atoms with van der Waals surface area (Å²) in [6, 6.07) is 0. The third kappa shape index (κ3) is 6.82. The average Bonchev–Trinajstić information content (AvgIpc) is 2.20. The van der Waals surface area contributed by atoms with Crippen LogP contribution in [0.15, 0.2) is 0 Å². The number of ether oxygens (including phenoxy) is 2. The number of carbonyl (C=O) groups excluding carboxylic acids is 1. The summed E-state index contributed by atoms with van der Waals surface area (Å²) in [6.07, 6.45) is 0.565. The topological polar surface area (TPSA) is 59.0 Å². The molecule has 1 N–H and O–H groups in total. The highest BCUT2D eigenvalue weighted by atomic mass is 16.5. The van der Waals surface area contributed by atoms with Gasteiger partial charge in [-0.05, 0) is 6.42 Å². The summed E-state index contributed by atoms with van der Waals surface area (Å²) in [5.74, 6) is -0.0695. The van der Waals surface area contributed by atoms with E-state index >= 15 is 0 Å². The average molecular weight is 205 g/mol. The van der Waals surface area contributed by atoms with Crippen LogP contribution < -0.4 is 0 Å². The van der Waals surface area contributed by atoms with Gasteiger partial charge in [-0.2, -0.15) is 0 Å². The number of aliphatic hydroxyl groups is 1. The van der Waals surface area contributed by atoms with Crippen LogP contribution in [0.5, 0.6) is 0 Å². The summed E-state index contributed by atoms with van der Waals surface area (Å²) in [7, 11) is 3.30. The highest BCUT2D eigenvalue weighted by molar-refractivity contribution is 5.77. The van der Waals surface area contributed by atoms with Crippen molar-refractivity contribution in [2.45, 2.75) is 6.42 Å². The largest absolute Gasteiger partial charge is 0.396 e. The van der Waals surface area contributed by atoms with Crippen molar-refractivity contribution in [2.75, 3.05) is 47.1 Å². The number of rotatable bonds is 8. The van der Waals surface area contributed by atoms with Gasteiger partial charge in [-0.1, -0.05) is 0 Å². The molecule has 5 heteroatoms. The Labute approximate surface area is 84.6 Å². The lowest BCUT2D eigenvalue weighted by molar-refractivity contribution is -0.135. The predicted molar refractivity (Wildman–Crippen MR) is 52.0 cm³/mol. The SMILES string of the molecule is COCCN(C)C(=O)COCCCO. The van der Waals surface area contributed by atoms with E-state index in [2.05, 4.69) is 0 Å². The van der Waals surface area contributed by atoms with Gasteiger partial charge < -0.3 is 19.5 Å². The zero-order chi connectivity index (χ0) is 10.8. The molecule has 1 amide bonds. The number of likely N-dealkylation sites (N-methyl/N-ethyl adjacent to an activating group) is 1. The Bertz CT molecular complexity index is 152. The summed E-state index contributed by atoms with van der Waals surface area (Å²) in [4.78, 5) is 12.9. The standard InChI is InChI=1S/C9H19NO4/c1-10(4-7-13-2)9(12)8-14-6-3-5-11/h11H,3-8H2,1-2H3. The van der Waals surface area contributed by atoms with Crippen molar-refractivity contribution in [3.05, 3.63) is 0 Å². The molecular weight excluding hydrogens is 186 g/mol. The fourth-order valence-corrected chi connectivity index (χ4v) is 0.789. The second-order valence-corrected chi connectivity index (χ2v) is 2.94. The number of aliphatic hydroxyl groups excluding tert-OH is 1. The fourth-order valence-electron chi connectivity index (χ4n) is 0.789. The number of methoxy groups -OCH3 is 1. The van der Waals surface area contributed by atoms with E-state index in [9.17, 15) is 4.79 Å². The summed E-state index contributed by atoms with van der Waals surface area (Å²) >= 11 is 0. The number of nitrogens with zero attached hydrogens (tertiary/aromatic N) is 1. The number of hydrogen-bond acceptors (Lipinski definition) is 4. The summed E-state index contributed by atoms with van der Waals surface area (Å²) in [5, 5.41) is 8.46. The van der Waals surface area contributed by atoms with Gasteiger partial charge in [0.15, 0.2) is 0 Å². The van der Waals surface area contributed by atoms with Crippen molar-refractivity contribution in [3.8, 4) is 0 Å². The van der Waals surface area contributed by atoms with E-state index in [1.165, 1.54) is 0 Å². The Balaban J connectivity index is 3.42. The van der Waals surface area contributed by atoms with Crippen molar-refractivity contribution >= 4 is 5.91 Å². The van der Waals surface area contributed by atoms with Gasteiger partial charge in [0, 0.05) is 33.9 Å². The van der Waals surface area contributed by atoms with E-state index in [1.807, 2.05) is 0 Å². The molecule has 0 fully saturated rings. The minimum absolute atomic E-state index is 0.0695. The number of carbonyl (C=O) groups is 1. The van der Waals surface area contributed by atoms with E-state index < -0.39 is 0 Å². The van der Waals surface area contributed by atoms with Gasteiger partial charge in [-0.25, -0.2) is 0 Å². The highest BCUT2D eigenvalue weighted by Crippen LogP contribution is 1.88. The third-order valence-electron chi connectivity index (χ3n) is 1.73. The Morgan fingerprint density at radius 3 is 2.71 bits per heavy atom. The van der Waals surface area contributed by atoms with Crippen LogP contribution in [0.25, 0.3) is 0 Å². The second kappa shape index (κ2) is 8.93.